The number of carbonyl (C=O) groups is 1. The number of anilines is 1. The number of nitrogens with one attached hydrogen (secondary N) is 1. The van der Waals surface area contributed by atoms with Crippen LogP contribution in [0.15, 0.2) is 47.4 Å². The van der Waals surface area contributed by atoms with E-state index < -0.39 is 10.0 Å². The lowest BCUT2D eigenvalue weighted by molar-refractivity contribution is 0.0923. The number of rotatable bonds is 5. The molecule has 2 heterocycles. The van der Waals surface area contributed by atoms with Crippen LogP contribution in [0.2, 0.25) is 0 Å². The molecule has 4 rings (SSSR count). The molecule has 8 nitrogen and oxygen atoms in total. The van der Waals surface area contributed by atoms with Crippen LogP contribution in [0.25, 0.3) is 0 Å². The summed E-state index contributed by atoms with van der Waals surface area (Å²) in [5.74, 6) is 0.454. The van der Waals surface area contributed by atoms with Gasteiger partial charge in [0.05, 0.1) is 36.3 Å². The Balaban J connectivity index is 1.70. The Morgan fingerprint density at radius 1 is 1.10 bits per heavy atom. The summed E-state index contributed by atoms with van der Waals surface area (Å²) in [7, 11) is -0.720. The summed E-state index contributed by atoms with van der Waals surface area (Å²) in [6, 6.07) is 12.2. The Bertz CT molecular complexity index is 1060. The second-order valence-electron chi connectivity index (χ2n) is 7.77. The highest BCUT2D eigenvalue weighted by Crippen LogP contribution is 2.33. The van der Waals surface area contributed by atoms with Crippen molar-refractivity contribution in [2.75, 3.05) is 51.9 Å². The number of para-hydroxylation sites is 1. The van der Waals surface area contributed by atoms with Gasteiger partial charge < -0.3 is 19.7 Å². The maximum Gasteiger partial charge on any atom is 0.253 e. The van der Waals surface area contributed by atoms with Crippen LogP contribution in [0.3, 0.4) is 0 Å². The van der Waals surface area contributed by atoms with E-state index in [2.05, 4.69) is 10.2 Å². The third-order valence-corrected chi connectivity index (χ3v) is 7.42. The summed E-state index contributed by atoms with van der Waals surface area (Å²) in [6.07, 6.45) is 0.644. The molecule has 2 aromatic carbocycles. The summed E-state index contributed by atoms with van der Waals surface area (Å²) in [5.41, 5.74) is 1.97. The number of carbonyl (C=O) groups excluding carboxylic acids is 1. The molecule has 166 valence electrons. The van der Waals surface area contributed by atoms with Crippen LogP contribution >= 0.6 is 0 Å². The van der Waals surface area contributed by atoms with E-state index in [1.54, 1.807) is 12.1 Å². The lowest BCUT2D eigenvalue weighted by Crippen LogP contribution is -2.39. The molecule has 0 bridgehead atoms. The van der Waals surface area contributed by atoms with Crippen molar-refractivity contribution in [2.24, 2.45) is 0 Å². The fourth-order valence-electron chi connectivity index (χ4n) is 3.88. The topological polar surface area (TPSA) is 88.2 Å². The first kappa shape index (κ1) is 21.6. The van der Waals surface area contributed by atoms with Gasteiger partial charge in [0.1, 0.15) is 5.75 Å². The van der Waals surface area contributed by atoms with Gasteiger partial charge in [-0.1, -0.05) is 18.2 Å². The monoisotopic (exact) mass is 445 g/mol. The number of hydrogen-bond donors (Lipinski definition) is 1. The number of amides is 1. The first-order valence-electron chi connectivity index (χ1n) is 10.3. The highest BCUT2D eigenvalue weighted by molar-refractivity contribution is 7.89. The van der Waals surface area contributed by atoms with Gasteiger partial charge in [0.15, 0.2) is 0 Å². The fraction of sp³-hybridized carbons (Fsp3) is 0.409. The molecule has 1 unspecified atom stereocenters. The lowest BCUT2D eigenvalue weighted by Gasteiger charge is -2.31. The maximum absolute atomic E-state index is 13.4. The number of nitrogens with zero attached hydrogens (tertiary/aromatic N) is 2. The Morgan fingerprint density at radius 2 is 1.84 bits per heavy atom. The van der Waals surface area contributed by atoms with Crippen LogP contribution in [-0.2, 0) is 14.8 Å². The molecule has 0 saturated carbocycles. The SMILES string of the molecule is CN(C)S(=O)(=O)c1ccc(N2CCOCC2)c(C(=O)NC2CCOc3ccccc32)c1. The summed E-state index contributed by atoms with van der Waals surface area (Å²) in [5, 5.41) is 3.09. The Hall–Kier alpha value is -2.62. The zero-order valence-electron chi connectivity index (χ0n) is 17.7. The number of sulfonamides is 1. The van der Waals surface area contributed by atoms with Crippen LogP contribution in [0.4, 0.5) is 5.69 Å². The van der Waals surface area contributed by atoms with Crippen LogP contribution < -0.4 is 15.0 Å². The average molecular weight is 446 g/mol. The van der Waals surface area contributed by atoms with Gasteiger partial charge in [0, 0.05) is 44.9 Å². The predicted molar refractivity (Wildman–Crippen MR) is 117 cm³/mol. The molecule has 1 atom stereocenters. The highest BCUT2D eigenvalue weighted by atomic mass is 32.2. The normalized spacial score (nSPS) is 18.9. The largest absolute Gasteiger partial charge is 0.493 e. The van der Waals surface area contributed by atoms with Gasteiger partial charge in [0.25, 0.3) is 5.91 Å². The van der Waals surface area contributed by atoms with Gasteiger partial charge in [-0.3, -0.25) is 4.79 Å². The van der Waals surface area contributed by atoms with Crippen LogP contribution in [0.5, 0.6) is 5.75 Å². The second-order valence-corrected chi connectivity index (χ2v) is 9.92. The molecular weight excluding hydrogens is 418 g/mol. The molecule has 1 N–H and O–H groups in total. The molecule has 0 aliphatic carbocycles. The van der Waals surface area contributed by atoms with E-state index in [4.69, 9.17) is 9.47 Å². The molecule has 2 aliphatic heterocycles. The molecule has 2 aromatic rings. The molecule has 1 amide bonds. The van der Waals surface area contributed by atoms with Crippen molar-refractivity contribution < 1.29 is 22.7 Å². The fourth-order valence-corrected chi connectivity index (χ4v) is 4.80. The van der Waals surface area contributed by atoms with E-state index in [0.29, 0.717) is 50.6 Å². The quantitative estimate of drug-likeness (QED) is 0.758. The van der Waals surface area contributed by atoms with Crippen molar-refractivity contribution in [1.29, 1.82) is 0 Å². The second kappa shape index (κ2) is 8.86. The van der Waals surface area contributed by atoms with Crippen molar-refractivity contribution in [3.63, 3.8) is 0 Å². The zero-order valence-corrected chi connectivity index (χ0v) is 18.5. The molecule has 1 fully saturated rings. The molecular formula is C22H27N3O5S. The molecule has 0 aromatic heterocycles. The minimum absolute atomic E-state index is 0.0898. The smallest absolute Gasteiger partial charge is 0.253 e. The Labute approximate surface area is 182 Å². The molecule has 1 saturated heterocycles. The van der Waals surface area contributed by atoms with Crippen molar-refractivity contribution in [3.05, 3.63) is 53.6 Å². The number of fused-ring (bicyclic) bond motifs is 1. The van der Waals surface area contributed by atoms with Gasteiger partial charge in [-0.2, -0.15) is 0 Å². The van der Waals surface area contributed by atoms with E-state index >= 15 is 0 Å². The van der Waals surface area contributed by atoms with Gasteiger partial charge >= 0.3 is 0 Å². The number of morpholine rings is 1. The van der Waals surface area contributed by atoms with Gasteiger partial charge in [-0.05, 0) is 24.3 Å². The van der Waals surface area contributed by atoms with Crippen LogP contribution in [0.1, 0.15) is 28.4 Å². The third-order valence-electron chi connectivity index (χ3n) is 5.61. The van der Waals surface area contributed by atoms with Gasteiger partial charge in [0.2, 0.25) is 10.0 Å². The molecule has 0 spiro atoms. The van der Waals surface area contributed by atoms with Crippen LogP contribution in [0, 0.1) is 0 Å². The molecule has 2 aliphatic rings. The predicted octanol–water partition coefficient (Wildman–Crippen LogP) is 2.03. The zero-order chi connectivity index (χ0) is 22.0. The van der Waals surface area contributed by atoms with Crippen molar-refractivity contribution in [2.45, 2.75) is 17.4 Å². The van der Waals surface area contributed by atoms with E-state index in [1.807, 2.05) is 24.3 Å². The van der Waals surface area contributed by atoms with Crippen molar-refractivity contribution in [3.8, 4) is 5.75 Å². The first-order chi connectivity index (χ1) is 14.9. The lowest BCUT2D eigenvalue weighted by atomic mass is 10.00. The number of benzene rings is 2. The summed E-state index contributed by atoms with van der Waals surface area (Å²) >= 11 is 0. The van der Waals surface area contributed by atoms with E-state index in [9.17, 15) is 13.2 Å². The average Bonchev–Trinajstić information content (AvgIpc) is 2.79. The van der Waals surface area contributed by atoms with Crippen LogP contribution in [-0.4, -0.2) is 65.6 Å². The standard InChI is InChI=1S/C22H27N3O5S/c1-24(2)31(27,28)16-7-8-20(25-10-13-29-14-11-25)18(15-16)22(26)23-19-9-12-30-21-6-4-3-5-17(19)21/h3-8,15,19H,9-14H2,1-2H3,(H,23,26). The highest BCUT2D eigenvalue weighted by Gasteiger charge is 2.27. The molecule has 0 radical (unpaired) electrons. The van der Waals surface area contributed by atoms with Gasteiger partial charge in [-0.15, -0.1) is 0 Å². The minimum atomic E-state index is -3.67. The van der Waals surface area contributed by atoms with Crippen molar-refractivity contribution >= 4 is 21.6 Å². The number of hydrogen-bond acceptors (Lipinski definition) is 6. The van der Waals surface area contributed by atoms with Crippen molar-refractivity contribution in [1.82, 2.24) is 9.62 Å². The number of ether oxygens (including phenoxy) is 2. The van der Waals surface area contributed by atoms with E-state index in [1.165, 1.54) is 20.2 Å². The molecule has 9 heteroatoms. The molecule has 31 heavy (non-hydrogen) atoms. The summed E-state index contributed by atoms with van der Waals surface area (Å²) in [6.45, 7) is 2.91. The van der Waals surface area contributed by atoms with E-state index in [0.717, 1.165) is 15.6 Å². The minimum Gasteiger partial charge on any atom is -0.493 e. The summed E-state index contributed by atoms with van der Waals surface area (Å²) in [4.78, 5) is 15.6. The van der Waals surface area contributed by atoms with E-state index in [-0.39, 0.29) is 16.8 Å². The third kappa shape index (κ3) is 4.39. The maximum atomic E-state index is 13.4. The summed E-state index contributed by atoms with van der Waals surface area (Å²) < 4.78 is 37.7. The first-order valence-corrected chi connectivity index (χ1v) is 11.7. The Morgan fingerprint density at radius 3 is 2.58 bits per heavy atom. The van der Waals surface area contributed by atoms with Gasteiger partial charge in [-0.25, -0.2) is 12.7 Å². The Kier molecular flexibility index (Phi) is 6.17.